The van der Waals surface area contributed by atoms with Crippen molar-refractivity contribution in [2.24, 2.45) is 0 Å². The van der Waals surface area contributed by atoms with Crippen molar-refractivity contribution in [1.29, 1.82) is 0 Å². The molecule has 2 aromatic carbocycles. The quantitative estimate of drug-likeness (QED) is 0.616. The van der Waals surface area contributed by atoms with Gasteiger partial charge in [-0.1, -0.05) is 19.1 Å². The zero-order valence-corrected chi connectivity index (χ0v) is 18.0. The summed E-state index contributed by atoms with van der Waals surface area (Å²) in [5.41, 5.74) is 1.79. The third-order valence-corrected chi connectivity index (χ3v) is 5.11. The molecule has 0 spiro atoms. The molecule has 0 aliphatic carbocycles. The van der Waals surface area contributed by atoms with E-state index in [0.717, 1.165) is 38.4 Å². The van der Waals surface area contributed by atoms with Crippen LogP contribution in [0.2, 0.25) is 0 Å². The Morgan fingerprint density at radius 1 is 0.935 bits per heavy atom. The molecule has 8 heteroatoms. The van der Waals surface area contributed by atoms with Gasteiger partial charge in [0.05, 0.1) is 7.11 Å². The number of anilines is 2. The minimum Gasteiger partial charge on any atom is -0.493 e. The first-order valence-corrected chi connectivity index (χ1v) is 10.4. The average Bonchev–Trinajstić information content (AvgIpc) is 2.82. The Hall–Kier alpha value is -3.26. The van der Waals surface area contributed by atoms with Gasteiger partial charge in [0, 0.05) is 37.6 Å². The van der Waals surface area contributed by atoms with E-state index in [0.29, 0.717) is 17.2 Å². The van der Waals surface area contributed by atoms with Crippen LogP contribution in [0.1, 0.15) is 6.92 Å². The molecule has 8 nitrogen and oxygen atoms in total. The number of likely N-dealkylation sites (N-methyl/N-ethyl adjacent to an activating group) is 1. The second kappa shape index (κ2) is 11.2. The molecule has 0 bridgehead atoms. The van der Waals surface area contributed by atoms with Crippen molar-refractivity contribution in [2.45, 2.75) is 6.92 Å². The zero-order chi connectivity index (χ0) is 22.1. The van der Waals surface area contributed by atoms with E-state index >= 15 is 0 Å². The Bertz CT molecular complexity index is 864. The van der Waals surface area contributed by atoms with Crippen LogP contribution in [0.5, 0.6) is 11.5 Å². The van der Waals surface area contributed by atoms with Crippen LogP contribution < -0.4 is 19.7 Å². The fourth-order valence-corrected chi connectivity index (χ4v) is 3.34. The maximum atomic E-state index is 12.1. The number of esters is 1. The molecule has 0 radical (unpaired) electrons. The molecule has 3 rings (SSSR count). The van der Waals surface area contributed by atoms with Gasteiger partial charge in [-0.15, -0.1) is 0 Å². The monoisotopic (exact) mass is 427 g/mol. The number of piperazine rings is 1. The summed E-state index contributed by atoms with van der Waals surface area (Å²) in [5, 5.41) is 2.73. The van der Waals surface area contributed by atoms with E-state index in [1.54, 1.807) is 24.3 Å². The Kier molecular flexibility index (Phi) is 8.12. The molecule has 0 unspecified atom stereocenters. The van der Waals surface area contributed by atoms with Crippen LogP contribution in [0.4, 0.5) is 11.4 Å². The van der Waals surface area contributed by atoms with E-state index < -0.39 is 11.9 Å². The first-order chi connectivity index (χ1) is 15.1. The number of hydrogen-bond acceptors (Lipinski definition) is 7. The molecule has 1 amide bonds. The van der Waals surface area contributed by atoms with E-state index in [1.165, 1.54) is 7.11 Å². The van der Waals surface area contributed by atoms with Crippen molar-refractivity contribution in [1.82, 2.24) is 4.90 Å². The number of nitrogens with one attached hydrogen (secondary N) is 1. The van der Waals surface area contributed by atoms with Crippen molar-refractivity contribution < 1.29 is 23.8 Å². The number of amides is 1. The Morgan fingerprint density at radius 3 is 2.26 bits per heavy atom. The molecule has 1 N–H and O–H groups in total. The maximum absolute atomic E-state index is 12.1. The highest BCUT2D eigenvalue weighted by atomic mass is 16.6. The highest BCUT2D eigenvalue weighted by molar-refractivity contribution is 5.93. The minimum atomic E-state index is -0.636. The van der Waals surface area contributed by atoms with Crippen LogP contribution in [0.25, 0.3) is 0 Å². The van der Waals surface area contributed by atoms with Gasteiger partial charge >= 0.3 is 5.97 Å². The largest absolute Gasteiger partial charge is 0.493 e. The predicted molar refractivity (Wildman–Crippen MR) is 119 cm³/mol. The topological polar surface area (TPSA) is 80.3 Å². The van der Waals surface area contributed by atoms with Crippen LogP contribution in [0, 0.1) is 0 Å². The van der Waals surface area contributed by atoms with Crippen LogP contribution in [-0.4, -0.2) is 69.8 Å². The second-order valence-corrected chi connectivity index (χ2v) is 7.12. The molecule has 0 atom stereocenters. The predicted octanol–water partition coefficient (Wildman–Crippen LogP) is 2.40. The molecule has 1 heterocycles. The molecule has 166 valence electrons. The van der Waals surface area contributed by atoms with Crippen LogP contribution in [0.3, 0.4) is 0 Å². The molecule has 1 fully saturated rings. The summed E-state index contributed by atoms with van der Waals surface area (Å²) in [6.07, 6.45) is 0. The molecular formula is C23H29N3O5. The van der Waals surface area contributed by atoms with Gasteiger partial charge in [0.1, 0.15) is 0 Å². The lowest BCUT2D eigenvalue weighted by Gasteiger charge is -2.35. The number of nitrogens with zero attached hydrogens (tertiary/aromatic N) is 2. The van der Waals surface area contributed by atoms with Gasteiger partial charge in [-0.3, -0.25) is 4.79 Å². The molecule has 1 saturated heterocycles. The van der Waals surface area contributed by atoms with E-state index in [-0.39, 0.29) is 13.2 Å². The Labute approximate surface area is 182 Å². The lowest BCUT2D eigenvalue weighted by atomic mass is 10.2. The van der Waals surface area contributed by atoms with Crippen molar-refractivity contribution >= 4 is 23.3 Å². The third kappa shape index (κ3) is 6.62. The van der Waals surface area contributed by atoms with Crippen molar-refractivity contribution in [3.63, 3.8) is 0 Å². The summed E-state index contributed by atoms with van der Waals surface area (Å²) < 4.78 is 15.5. The van der Waals surface area contributed by atoms with Crippen LogP contribution >= 0.6 is 0 Å². The normalized spacial score (nSPS) is 14.1. The number of carbonyl (C=O) groups excluding carboxylic acids is 2. The minimum absolute atomic E-state index is 0.312. The summed E-state index contributed by atoms with van der Waals surface area (Å²) in [6.45, 7) is 6.66. The van der Waals surface area contributed by atoms with E-state index in [4.69, 9.17) is 14.2 Å². The van der Waals surface area contributed by atoms with Gasteiger partial charge in [-0.2, -0.15) is 0 Å². The van der Waals surface area contributed by atoms with Crippen molar-refractivity contribution in [3.05, 3.63) is 48.5 Å². The molecule has 1 aliphatic rings. The number of rotatable bonds is 9. The molecule has 31 heavy (non-hydrogen) atoms. The molecule has 2 aromatic rings. The maximum Gasteiger partial charge on any atom is 0.344 e. The van der Waals surface area contributed by atoms with E-state index in [9.17, 15) is 9.59 Å². The number of carbonyl (C=O) groups is 2. The van der Waals surface area contributed by atoms with Gasteiger partial charge < -0.3 is 29.3 Å². The smallest absolute Gasteiger partial charge is 0.344 e. The van der Waals surface area contributed by atoms with Crippen LogP contribution in [-0.2, 0) is 14.3 Å². The first kappa shape index (κ1) is 22.4. The number of para-hydroxylation sites is 2. The highest BCUT2D eigenvalue weighted by Crippen LogP contribution is 2.25. The number of methoxy groups -OCH3 is 1. The Balaban J connectivity index is 1.39. The lowest BCUT2D eigenvalue weighted by molar-refractivity contribution is -0.149. The van der Waals surface area contributed by atoms with E-state index in [1.807, 2.05) is 24.3 Å². The number of hydrogen-bond donors (Lipinski definition) is 1. The molecular weight excluding hydrogens is 398 g/mol. The molecule has 0 saturated carbocycles. The molecule has 0 aromatic heterocycles. The SMILES string of the molecule is CCN1CCN(c2ccc(NC(=O)COC(=O)COc3ccccc3OC)cc2)CC1. The summed E-state index contributed by atoms with van der Waals surface area (Å²) in [4.78, 5) is 28.7. The second-order valence-electron chi connectivity index (χ2n) is 7.12. The van der Waals surface area contributed by atoms with Gasteiger partial charge in [0.15, 0.2) is 24.7 Å². The summed E-state index contributed by atoms with van der Waals surface area (Å²) in [5.74, 6) is -0.0936. The fraction of sp³-hybridized carbons (Fsp3) is 0.391. The summed E-state index contributed by atoms with van der Waals surface area (Å²) in [6, 6.07) is 14.7. The van der Waals surface area contributed by atoms with Gasteiger partial charge in [0.2, 0.25) is 0 Å². The van der Waals surface area contributed by atoms with Crippen LogP contribution in [0.15, 0.2) is 48.5 Å². The zero-order valence-electron chi connectivity index (χ0n) is 18.0. The standard InChI is InChI=1S/C23H29N3O5/c1-3-25-12-14-26(15-13-25)19-10-8-18(9-11-19)24-22(27)16-31-23(28)17-30-21-7-5-4-6-20(21)29-2/h4-11H,3,12-17H2,1-2H3,(H,24,27). The number of benzene rings is 2. The summed E-state index contributed by atoms with van der Waals surface area (Å²) in [7, 11) is 1.52. The van der Waals surface area contributed by atoms with Crippen molar-refractivity contribution in [3.8, 4) is 11.5 Å². The van der Waals surface area contributed by atoms with E-state index in [2.05, 4.69) is 22.0 Å². The third-order valence-electron chi connectivity index (χ3n) is 5.11. The number of ether oxygens (including phenoxy) is 3. The first-order valence-electron chi connectivity index (χ1n) is 10.4. The van der Waals surface area contributed by atoms with Gasteiger partial charge in [-0.25, -0.2) is 4.79 Å². The highest BCUT2D eigenvalue weighted by Gasteiger charge is 2.16. The lowest BCUT2D eigenvalue weighted by Crippen LogP contribution is -2.46. The Morgan fingerprint density at radius 2 is 1.61 bits per heavy atom. The fourth-order valence-electron chi connectivity index (χ4n) is 3.34. The average molecular weight is 428 g/mol. The van der Waals surface area contributed by atoms with Gasteiger partial charge in [-0.05, 0) is 42.9 Å². The van der Waals surface area contributed by atoms with Crippen molar-refractivity contribution in [2.75, 3.05) is 63.3 Å². The molecule has 1 aliphatic heterocycles. The van der Waals surface area contributed by atoms with Gasteiger partial charge in [0.25, 0.3) is 5.91 Å². The summed E-state index contributed by atoms with van der Waals surface area (Å²) >= 11 is 0.